The molecule has 0 aliphatic heterocycles. The van der Waals surface area contributed by atoms with Gasteiger partial charge in [-0.15, -0.1) is 13.2 Å². The Morgan fingerprint density at radius 3 is 2.47 bits per heavy atom. The third-order valence-corrected chi connectivity index (χ3v) is 4.31. The monoisotopic (exact) mass is 426 g/mol. The molecule has 2 aromatic rings. The number of halogens is 3. The van der Waals surface area contributed by atoms with Gasteiger partial charge in [0.05, 0.1) is 19.9 Å². The molecule has 0 fully saturated rings. The second kappa shape index (κ2) is 10.2. The zero-order chi connectivity index (χ0) is 22.3. The molecule has 0 bridgehead atoms. The lowest BCUT2D eigenvalue weighted by Gasteiger charge is -2.16. The molecule has 164 valence electrons. The van der Waals surface area contributed by atoms with Crippen molar-refractivity contribution in [3.8, 4) is 28.6 Å². The Balaban J connectivity index is 2.35. The maximum Gasteiger partial charge on any atom is 0.573 e. The number of benzene rings is 1. The summed E-state index contributed by atoms with van der Waals surface area (Å²) in [6.07, 6.45) is -1.64. The molecule has 0 saturated carbocycles. The highest BCUT2D eigenvalue weighted by Gasteiger charge is 2.31. The van der Waals surface area contributed by atoms with Gasteiger partial charge in [-0.05, 0) is 37.1 Å². The van der Waals surface area contributed by atoms with Gasteiger partial charge in [0, 0.05) is 18.1 Å². The molecule has 0 saturated heterocycles. The molecular weight excluding hydrogens is 401 g/mol. The number of alkyl halides is 3. The molecule has 9 heteroatoms. The number of methoxy groups -OCH3 is 2. The molecule has 1 aromatic carbocycles. The first-order valence-electron chi connectivity index (χ1n) is 9.48. The quantitative estimate of drug-likeness (QED) is 0.537. The predicted octanol–water partition coefficient (Wildman–Crippen LogP) is 5.49. The van der Waals surface area contributed by atoms with Crippen LogP contribution in [0, 0.1) is 6.92 Å². The molecule has 6 nitrogen and oxygen atoms in total. The van der Waals surface area contributed by atoms with Crippen molar-refractivity contribution in [2.75, 3.05) is 19.5 Å². The van der Waals surface area contributed by atoms with E-state index in [1.807, 2.05) is 0 Å². The fourth-order valence-corrected chi connectivity index (χ4v) is 2.93. The number of amides is 1. The van der Waals surface area contributed by atoms with Gasteiger partial charge >= 0.3 is 6.36 Å². The largest absolute Gasteiger partial charge is 0.573 e. The van der Waals surface area contributed by atoms with Crippen molar-refractivity contribution in [2.45, 2.75) is 45.9 Å². The predicted molar refractivity (Wildman–Crippen MR) is 107 cm³/mol. The number of rotatable bonds is 9. The number of ether oxygens (including phenoxy) is 3. The summed E-state index contributed by atoms with van der Waals surface area (Å²) in [5.74, 6) is -0.187. The number of carbonyl (C=O) groups excluding carboxylic acids is 1. The summed E-state index contributed by atoms with van der Waals surface area (Å²) < 4.78 is 51.9. The number of hydrogen-bond acceptors (Lipinski definition) is 5. The fraction of sp³-hybridized carbons (Fsp3) is 0.429. The highest BCUT2D eigenvalue weighted by atomic mass is 19.4. The van der Waals surface area contributed by atoms with Crippen LogP contribution >= 0.6 is 0 Å². The minimum absolute atomic E-state index is 0.137. The maximum absolute atomic E-state index is 12.5. The van der Waals surface area contributed by atoms with E-state index in [0.717, 1.165) is 25.3 Å². The Kier molecular flexibility index (Phi) is 7.91. The number of carbonyl (C=O) groups is 1. The standard InChI is InChI=1S/C21H25F3N2O4/c1-5-6-7-8-18(27)25-16-11-13(2)19(26-20(16)29-4)15-10-9-14(12-17(15)28-3)30-21(22,23)24/h9-12H,5-8H2,1-4H3,(H,25,27). The maximum atomic E-state index is 12.5. The molecule has 0 aliphatic carbocycles. The zero-order valence-electron chi connectivity index (χ0n) is 17.4. The molecule has 30 heavy (non-hydrogen) atoms. The third kappa shape index (κ3) is 6.27. The molecule has 0 aliphatic rings. The van der Waals surface area contributed by atoms with E-state index in [9.17, 15) is 18.0 Å². The van der Waals surface area contributed by atoms with Crippen molar-refractivity contribution in [2.24, 2.45) is 0 Å². The van der Waals surface area contributed by atoms with Crippen molar-refractivity contribution < 1.29 is 32.2 Å². The first-order chi connectivity index (χ1) is 14.2. The minimum atomic E-state index is -4.80. The van der Waals surface area contributed by atoms with E-state index in [1.165, 1.54) is 26.4 Å². The van der Waals surface area contributed by atoms with Gasteiger partial charge in [-0.2, -0.15) is 0 Å². The number of hydrogen-bond donors (Lipinski definition) is 1. The highest BCUT2D eigenvalue weighted by Crippen LogP contribution is 2.38. The SMILES string of the molecule is CCCCCC(=O)Nc1cc(C)c(-c2ccc(OC(F)(F)F)cc2OC)nc1OC. The summed E-state index contributed by atoms with van der Waals surface area (Å²) in [6, 6.07) is 5.46. The van der Waals surface area contributed by atoms with Crippen molar-refractivity contribution in [1.29, 1.82) is 0 Å². The summed E-state index contributed by atoms with van der Waals surface area (Å²) in [4.78, 5) is 16.6. The molecule has 0 spiro atoms. The van der Waals surface area contributed by atoms with E-state index in [1.54, 1.807) is 13.0 Å². The average Bonchev–Trinajstić information content (AvgIpc) is 2.67. The van der Waals surface area contributed by atoms with Crippen LogP contribution < -0.4 is 19.5 Å². The van der Waals surface area contributed by atoms with E-state index in [0.29, 0.717) is 28.9 Å². The van der Waals surface area contributed by atoms with E-state index in [4.69, 9.17) is 9.47 Å². The van der Waals surface area contributed by atoms with Crippen molar-refractivity contribution in [1.82, 2.24) is 4.98 Å². The van der Waals surface area contributed by atoms with Crippen LogP contribution in [0.3, 0.4) is 0 Å². The number of aryl methyl sites for hydroxylation is 1. The van der Waals surface area contributed by atoms with Crippen LogP contribution in [-0.4, -0.2) is 31.5 Å². The Labute approximate surface area is 173 Å². The lowest BCUT2D eigenvalue weighted by molar-refractivity contribution is -0.274. The highest BCUT2D eigenvalue weighted by molar-refractivity contribution is 5.92. The van der Waals surface area contributed by atoms with Crippen LogP contribution in [0.5, 0.6) is 17.4 Å². The lowest BCUT2D eigenvalue weighted by Crippen LogP contribution is -2.17. The topological polar surface area (TPSA) is 69.7 Å². The van der Waals surface area contributed by atoms with Crippen molar-refractivity contribution in [3.63, 3.8) is 0 Å². The number of pyridine rings is 1. The van der Waals surface area contributed by atoms with E-state index in [2.05, 4.69) is 22.0 Å². The van der Waals surface area contributed by atoms with E-state index >= 15 is 0 Å². The Morgan fingerprint density at radius 2 is 1.87 bits per heavy atom. The first kappa shape index (κ1) is 23.3. The smallest absolute Gasteiger partial charge is 0.496 e. The molecule has 1 aromatic heterocycles. The summed E-state index contributed by atoms with van der Waals surface area (Å²) in [5.41, 5.74) is 2.02. The van der Waals surface area contributed by atoms with Gasteiger partial charge in [-0.1, -0.05) is 19.8 Å². The first-order valence-corrected chi connectivity index (χ1v) is 9.48. The Hall–Kier alpha value is -2.97. The van der Waals surface area contributed by atoms with E-state index < -0.39 is 12.1 Å². The van der Waals surface area contributed by atoms with Gasteiger partial charge < -0.3 is 19.5 Å². The molecule has 2 rings (SSSR count). The van der Waals surface area contributed by atoms with Gasteiger partial charge in [-0.3, -0.25) is 4.79 Å². The summed E-state index contributed by atoms with van der Waals surface area (Å²) in [5, 5.41) is 2.80. The molecule has 0 radical (unpaired) electrons. The molecular formula is C21H25F3N2O4. The second-order valence-electron chi connectivity index (χ2n) is 6.63. The van der Waals surface area contributed by atoms with Crippen LogP contribution in [0.25, 0.3) is 11.3 Å². The van der Waals surface area contributed by atoms with Gasteiger partial charge in [0.2, 0.25) is 11.8 Å². The van der Waals surface area contributed by atoms with Crippen molar-refractivity contribution in [3.05, 3.63) is 29.8 Å². The van der Waals surface area contributed by atoms with Crippen LogP contribution in [-0.2, 0) is 4.79 Å². The van der Waals surface area contributed by atoms with Gasteiger partial charge in [0.15, 0.2) is 0 Å². The Bertz CT molecular complexity index is 885. The van der Waals surface area contributed by atoms with Crippen LogP contribution in [0.1, 0.15) is 38.2 Å². The number of aromatic nitrogens is 1. The number of nitrogens with zero attached hydrogens (tertiary/aromatic N) is 1. The van der Waals surface area contributed by atoms with Crippen LogP contribution in [0.2, 0.25) is 0 Å². The summed E-state index contributed by atoms with van der Waals surface area (Å²) in [6.45, 7) is 3.83. The molecule has 1 amide bonds. The average molecular weight is 426 g/mol. The molecule has 1 N–H and O–H groups in total. The fourth-order valence-electron chi connectivity index (χ4n) is 2.93. The van der Waals surface area contributed by atoms with Crippen molar-refractivity contribution >= 4 is 11.6 Å². The van der Waals surface area contributed by atoms with Crippen LogP contribution in [0.15, 0.2) is 24.3 Å². The summed E-state index contributed by atoms with van der Waals surface area (Å²) in [7, 11) is 2.76. The zero-order valence-corrected chi connectivity index (χ0v) is 17.4. The Morgan fingerprint density at radius 1 is 1.13 bits per heavy atom. The molecule has 1 heterocycles. The summed E-state index contributed by atoms with van der Waals surface area (Å²) >= 11 is 0. The van der Waals surface area contributed by atoms with Gasteiger partial charge in [0.25, 0.3) is 0 Å². The normalized spacial score (nSPS) is 11.2. The van der Waals surface area contributed by atoms with Crippen LogP contribution in [0.4, 0.5) is 18.9 Å². The van der Waals surface area contributed by atoms with E-state index in [-0.39, 0.29) is 17.5 Å². The molecule has 0 unspecified atom stereocenters. The molecule has 0 atom stereocenters. The third-order valence-electron chi connectivity index (χ3n) is 4.31. The van der Waals surface area contributed by atoms with Gasteiger partial charge in [-0.25, -0.2) is 4.98 Å². The minimum Gasteiger partial charge on any atom is -0.496 e. The van der Waals surface area contributed by atoms with Gasteiger partial charge in [0.1, 0.15) is 17.2 Å². The number of anilines is 1. The number of nitrogens with one attached hydrogen (secondary N) is 1. The lowest BCUT2D eigenvalue weighted by atomic mass is 10.0. The second-order valence-corrected chi connectivity index (χ2v) is 6.63. The number of unbranched alkanes of at least 4 members (excludes halogenated alkanes) is 2.